The van der Waals surface area contributed by atoms with E-state index in [-0.39, 0.29) is 0 Å². The van der Waals surface area contributed by atoms with Crippen molar-refractivity contribution in [3.8, 4) is 11.6 Å². The summed E-state index contributed by atoms with van der Waals surface area (Å²) in [5, 5.41) is 13.0. The normalized spacial score (nSPS) is 10.7. The van der Waals surface area contributed by atoms with Gasteiger partial charge < -0.3 is 9.73 Å². The number of nitrogens with one attached hydrogen (secondary N) is 1. The summed E-state index contributed by atoms with van der Waals surface area (Å²) in [4.78, 5) is 4.10. The van der Waals surface area contributed by atoms with Crippen molar-refractivity contribution in [3.63, 3.8) is 0 Å². The fraction of sp³-hybridized carbons (Fsp3) is 0.444. The van der Waals surface area contributed by atoms with E-state index < -0.39 is 0 Å². The maximum atomic E-state index is 5.46. The average molecular weight is 224 g/mol. The predicted octanol–water partition coefficient (Wildman–Crippen LogP) is 1.35. The molecule has 0 aromatic carbocycles. The number of rotatable bonds is 5. The van der Waals surface area contributed by atoms with Gasteiger partial charge in [-0.05, 0) is 6.54 Å². The molecule has 0 unspecified atom stereocenters. The molecular formula is C9H12N4OS. The van der Waals surface area contributed by atoms with Crippen molar-refractivity contribution in [3.05, 3.63) is 16.8 Å². The number of thiazole rings is 1. The zero-order valence-corrected chi connectivity index (χ0v) is 9.25. The third-order valence-electron chi connectivity index (χ3n) is 1.88. The monoisotopic (exact) mass is 224 g/mol. The molecule has 2 rings (SSSR count). The third kappa shape index (κ3) is 2.60. The highest BCUT2D eigenvalue weighted by Crippen LogP contribution is 2.16. The molecular weight excluding hydrogens is 212 g/mol. The molecule has 0 saturated heterocycles. The number of hydrogen-bond donors (Lipinski definition) is 1. The van der Waals surface area contributed by atoms with Crippen molar-refractivity contribution in [2.24, 2.45) is 0 Å². The fourth-order valence-corrected chi connectivity index (χ4v) is 1.67. The van der Waals surface area contributed by atoms with Gasteiger partial charge in [0, 0.05) is 18.3 Å². The van der Waals surface area contributed by atoms with Crippen LogP contribution in [-0.4, -0.2) is 28.3 Å². The fourth-order valence-electron chi connectivity index (χ4n) is 1.15. The van der Waals surface area contributed by atoms with Crippen molar-refractivity contribution in [1.29, 1.82) is 0 Å². The smallest absolute Gasteiger partial charge is 0.267 e. The van der Waals surface area contributed by atoms with E-state index in [0.29, 0.717) is 11.8 Å². The predicted molar refractivity (Wildman–Crippen MR) is 57.7 cm³/mol. The lowest BCUT2D eigenvalue weighted by molar-refractivity contribution is 0.495. The Morgan fingerprint density at radius 1 is 1.47 bits per heavy atom. The molecule has 0 saturated carbocycles. The van der Waals surface area contributed by atoms with E-state index in [1.807, 2.05) is 5.38 Å². The van der Waals surface area contributed by atoms with E-state index in [0.717, 1.165) is 25.2 Å². The van der Waals surface area contributed by atoms with Crippen molar-refractivity contribution < 1.29 is 4.42 Å². The van der Waals surface area contributed by atoms with Gasteiger partial charge in [0.25, 0.3) is 5.89 Å². The van der Waals surface area contributed by atoms with E-state index in [9.17, 15) is 0 Å². The SMILES string of the molecule is CCNCCc1nnc(-c2cscn2)o1. The highest BCUT2D eigenvalue weighted by molar-refractivity contribution is 7.07. The first-order valence-electron chi connectivity index (χ1n) is 4.82. The van der Waals surface area contributed by atoms with Crippen LogP contribution in [0.4, 0.5) is 0 Å². The first-order chi connectivity index (χ1) is 7.40. The lowest BCUT2D eigenvalue weighted by atomic mass is 10.4. The molecule has 0 radical (unpaired) electrons. The third-order valence-corrected chi connectivity index (χ3v) is 2.47. The lowest BCUT2D eigenvalue weighted by Crippen LogP contribution is -2.16. The average Bonchev–Trinajstić information content (AvgIpc) is 2.87. The molecule has 2 aromatic heterocycles. The maximum absolute atomic E-state index is 5.46. The van der Waals surface area contributed by atoms with Gasteiger partial charge in [0.15, 0.2) is 0 Å². The quantitative estimate of drug-likeness (QED) is 0.776. The highest BCUT2D eigenvalue weighted by atomic mass is 32.1. The summed E-state index contributed by atoms with van der Waals surface area (Å²) in [6.07, 6.45) is 0.755. The van der Waals surface area contributed by atoms with E-state index in [4.69, 9.17) is 4.42 Å². The molecule has 0 fully saturated rings. The standard InChI is InChI=1S/C9H12N4OS/c1-2-10-4-3-8-12-13-9(14-8)7-5-15-6-11-7/h5-6,10H,2-4H2,1H3. The van der Waals surface area contributed by atoms with Crippen molar-refractivity contribution in [2.45, 2.75) is 13.3 Å². The zero-order chi connectivity index (χ0) is 10.5. The molecule has 0 aliphatic heterocycles. The van der Waals surface area contributed by atoms with Gasteiger partial charge in [0.2, 0.25) is 5.89 Å². The Kier molecular flexibility index (Phi) is 3.41. The summed E-state index contributed by atoms with van der Waals surface area (Å²) in [6, 6.07) is 0. The molecule has 2 heterocycles. The van der Waals surface area contributed by atoms with Crippen LogP contribution < -0.4 is 5.32 Å². The summed E-state index contributed by atoms with van der Waals surface area (Å²) < 4.78 is 5.46. The minimum Gasteiger partial charge on any atom is -0.419 e. The Bertz CT molecular complexity index is 398. The molecule has 6 heteroatoms. The second-order valence-corrected chi connectivity index (χ2v) is 3.70. The van der Waals surface area contributed by atoms with Gasteiger partial charge >= 0.3 is 0 Å². The number of likely N-dealkylation sites (N-methyl/N-ethyl adjacent to an activating group) is 1. The topological polar surface area (TPSA) is 63.8 Å². The van der Waals surface area contributed by atoms with E-state index in [1.165, 1.54) is 11.3 Å². The number of nitrogens with zero attached hydrogens (tertiary/aromatic N) is 3. The number of aromatic nitrogens is 3. The Balaban J connectivity index is 1.98. The van der Waals surface area contributed by atoms with Gasteiger partial charge in [-0.3, -0.25) is 0 Å². The summed E-state index contributed by atoms with van der Waals surface area (Å²) in [5.74, 6) is 1.15. The van der Waals surface area contributed by atoms with Gasteiger partial charge in [0.05, 0.1) is 5.51 Å². The van der Waals surface area contributed by atoms with E-state index in [2.05, 4.69) is 27.4 Å². The summed E-state index contributed by atoms with van der Waals surface area (Å²) in [6.45, 7) is 3.87. The Hall–Kier alpha value is -1.27. The molecule has 80 valence electrons. The second-order valence-electron chi connectivity index (χ2n) is 2.98. The molecule has 0 aliphatic rings. The molecule has 0 bridgehead atoms. The Labute approximate surface area is 91.6 Å². The van der Waals surface area contributed by atoms with E-state index in [1.54, 1.807) is 5.51 Å². The molecule has 2 aromatic rings. The maximum Gasteiger partial charge on any atom is 0.267 e. The molecule has 0 aliphatic carbocycles. The molecule has 0 spiro atoms. The summed E-state index contributed by atoms with van der Waals surface area (Å²) in [7, 11) is 0. The van der Waals surface area contributed by atoms with Gasteiger partial charge in [-0.1, -0.05) is 6.92 Å². The van der Waals surface area contributed by atoms with Crippen molar-refractivity contribution in [1.82, 2.24) is 20.5 Å². The first kappa shape index (κ1) is 10.3. The largest absolute Gasteiger partial charge is 0.419 e. The minimum absolute atomic E-state index is 0.503. The van der Waals surface area contributed by atoms with Crippen molar-refractivity contribution in [2.75, 3.05) is 13.1 Å². The van der Waals surface area contributed by atoms with Crippen LogP contribution in [0.5, 0.6) is 0 Å². The molecule has 5 nitrogen and oxygen atoms in total. The highest BCUT2D eigenvalue weighted by Gasteiger charge is 2.09. The summed E-state index contributed by atoms with van der Waals surface area (Å²) in [5.41, 5.74) is 2.50. The minimum atomic E-state index is 0.503. The van der Waals surface area contributed by atoms with Gasteiger partial charge in [-0.2, -0.15) is 0 Å². The lowest BCUT2D eigenvalue weighted by Gasteiger charge is -1.95. The van der Waals surface area contributed by atoms with Crippen molar-refractivity contribution >= 4 is 11.3 Å². The summed E-state index contributed by atoms with van der Waals surface area (Å²) >= 11 is 1.51. The number of hydrogen-bond acceptors (Lipinski definition) is 6. The van der Waals surface area contributed by atoms with Crippen LogP contribution in [0, 0.1) is 0 Å². The van der Waals surface area contributed by atoms with Crippen LogP contribution in [0.15, 0.2) is 15.3 Å². The van der Waals surface area contributed by atoms with Crippen LogP contribution in [0.25, 0.3) is 11.6 Å². The second kappa shape index (κ2) is 4.99. The van der Waals surface area contributed by atoms with Gasteiger partial charge in [-0.25, -0.2) is 4.98 Å². The van der Waals surface area contributed by atoms with E-state index >= 15 is 0 Å². The van der Waals surface area contributed by atoms with Crippen LogP contribution in [0.1, 0.15) is 12.8 Å². The van der Waals surface area contributed by atoms with Gasteiger partial charge in [-0.15, -0.1) is 21.5 Å². The molecule has 15 heavy (non-hydrogen) atoms. The zero-order valence-electron chi connectivity index (χ0n) is 8.43. The van der Waals surface area contributed by atoms with Gasteiger partial charge in [0.1, 0.15) is 5.69 Å². The van der Waals surface area contributed by atoms with Crippen LogP contribution in [0.3, 0.4) is 0 Å². The molecule has 1 N–H and O–H groups in total. The van der Waals surface area contributed by atoms with Crippen LogP contribution in [0.2, 0.25) is 0 Å². The first-order valence-corrected chi connectivity index (χ1v) is 5.76. The molecule has 0 amide bonds. The Morgan fingerprint density at radius 3 is 3.13 bits per heavy atom. The van der Waals surface area contributed by atoms with Crippen LogP contribution in [-0.2, 0) is 6.42 Å². The molecule has 0 atom stereocenters. The Morgan fingerprint density at radius 2 is 2.40 bits per heavy atom. The van der Waals surface area contributed by atoms with Crippen LogP contribution >= 0.6 is 11.3 Å².